The van der Waals surface area contributed by atoms with E-state index in [0.29, 0.717) is 11.6 Å². The first-order chi connectivity index (χ1) is 7.56. The van der Waals surface area contributed by atoms with Crippen LogP contribution in [0.1, 0.15) is 52.9 Å². The lowest BCUT2D eigenvalue weighted by atomic mass is 9.70. The molecule has 16 heavy (non-hydrogen) atoms. The van der Waals surface area contributed by atoms with E-state index < -0.39 is 0 Å². The van der Waals surface area contributed by atoms with Gasteiger partial charge >= 0.3 is 0 Å². The predicted octanol–water partition coefficient (Wildman–Crippen LogP) is 2.89. The fraction of sp³-hybridized carbons (Fsp3) is 1.00. The van der Waals surface area contributed by atoms with Crippen molar-refractivity contribution in [2.75, 3.05) is 20.6 Å². The summed E-state index contributed by atoms with van der Waals surface area (Å²) in [5.41, 5.74) is 0.306. The second-order valence-corrected chi connectivity index (χ2v) is 5.73. The summed E-state index contributed by atoms with van der Waals surface area (Å²) in [7, 11) is 4.45. The molecule has 0 aromatic carbocycles. The van der Waals surface area contributed by atoms with Crippen LogP contribution in [0, 0.1) is 5.92 Å². The van der Waals surface area contributed by atoms with E-state index in [2.05, 4.69) is 45.1 Å². The third kappa shape index (κ3) is 2.78. The van der Waals surface area contributed by atoms with Crippen molar-refractivity contribution < 1.29 is 0 Å². The average molecular weight is 226 g/mol. The molecule has 0 heterocycles. The molecule has 1 N–H and O–H groups in total. The van der Waals surface area contributed by atoms with Crippen LogP contribution >= 0.6 is 0 Å². The Morgan fingerprint density at radius 2 is 1.94 bits per heavy atom. The summed E-state index contributed by atoms with van der Waals surface area (Å²) < 4.78 is 0. The lowest BCUT2D eigenvalue weighted by molar-refractivity contribution is 0.0542. The minimum atomic E-state index is 0.306. The van der Waals surface area contributed by atoms with E-state index >= 15 is 0 Å². The molecule has 2 unspecified atom stereocenters. The fourth-order valence-corrected chi connectivity index (χ4v) is 2.78. The van der Waals surface area contributed by atoms with Crippen molar-refractivity contribution in [2.24, 2.45) is 5.92 Å². The van der Waals surface area contributed by atoms with Crippen LogP contribution < -0.4 is 5.32 Å². The van der Waals surface area contributed by atoms with Crippen LogP contribution in [0.2, 0.25) is 0 Å². The molecule has 0 amide bonds. The predicted molar refractivity (Wildman–Crippen MR) is 71.8 cm³/mol. The van der Waals surface area contributed by atoms with Gasteiger partial charge in [-0.25, -0.2) is 0 Å². The Hall–Kier alpha value is -0.0800. The average Bonchev–Trinajstić information content (AvgIpc) is 2.19. The fourth-order valence-electron chi connectivity index (χ4n) is 2.78. The second-order valence-electron chi connectivity index (χ2n) is 5.73. The van der Waals surface area contributed by atoms with Crippen LogP contribution in [0.15, 0.2) is 0 Å². The van der Waals surface area contributed by atoms with E-state index in [-0.39, 0.29) is 0 Å². The van der Waals surface area contributed by atoms with Crippen molar-refractivity contribution in [3.8, 4) is 0 Å². The summed E-state index contributed by atoms with van der Waals surface area (Å²) in [6, 6.07) is 0.668. The molecule has 1 rings (SSSR count). The molecule has 0 bridgehead atoms. The van der Waals surface area contributed by atoms with Crippen molar-refractivity contribution in [1.82, 2.24) is 10.2 Å². The molecule has 0 spiro atoms. The number of rotatable bonds is 7. The van der Waals surface area contributed by atoms with Gasteiger partial charge in [0.25, 0.3) is 0 Å². The van der Waals surface area contributed by atoms with Gasteiger partial charge in [-0.15, -0.1) is 0 Å². The summed E-state index contributed by atoms with van der Waals surface area (Å²) in [4.78, 5) is 2.42. The maximum atomic E-state index is 3.80. The van der Waals surface area contributed by atoms with E-state index in [1.807, 2.05) is 0 Å². The molecule has 0 aromatic rings. The minimum Gasteiger partial charge on any atom is -0.312 e. The van der Waals surface area contributed by atoms with Crippen LogP contribution in [-0.2, 0) is 0 Å². The van der Waals surface area contributed by atoms with Gasteiger partial charge in [0.2, 0.25) is 0 Å². The summed E-state index contributed by atoms with van der Waals surface area (Å²) in [5, 5.41) is 3.80. The number of nitrogens with zero attached hydrogens (tertiary/aromatic N) is 1. The SMILES string of the molecule is CCCNC(C1CCC1)C(C)(CC)N(C)C. The largest absolute Gasteiger partial charge is 0.312 e. The highest BCUT2D eigenvalue weighted by atomic mass is 15.2. The number of hydrogen-bond acceptors (Lipinski definition) is 2. The molecule has 1 saturated carbocycles. The maximum Gasteiger partial charge on any atom is 0.0328 e. The van der Waals surface area contributed by atoms with Crippen LogP contribution in [0.3, 0.4) is 0 Å². The Balaban J connectivity index is 2.71. The van der Waals surface area contributed by atoms with Crippen molar-refractivity contribution >= 4 is 0 Å². The first-order valence-electron chi connectivity index (χ1n) is 6.97. The quantitative estimate of drug-likeness (QED) is 0.718. The molecule has 0 radical (unpaired) electrons. The summed E-state index contributed by atoms with van der Waals surface area (Å²) >= 11 is 0. The summed E-state index contributed by atoms with van der Waals surface area (Å²) in [5.74, 6) is 0.902. The number of hydrogen-bond donors (Lipinski definition) is 1. The lowest BCUT2D eigenvalue weighted by Crippen LogP contribution is -2.61. The molecular weight excluding hydrogens is 196 g/mol. The van der Waals surface area contributed by atoms with Crippen molar-refractivity contribution in [2.45, 2.75) is 64.5 Å². The van der Waals surface area contributed by atoms with Crippen LogP contribution in [0.25, 0.3) is 0 Å². The summed E-state index contributed by atoms with van der Waals surface area (Å²) in [6.07, 6.45) is 6.73. The smallest absolute Gasteiger partial charge is 0.0328 e. The number of likely N-dealkylation sites (N-methyl/N-ethyl adjacent to an activating group) is 1. The first-order valence-corrected chi connectivity index (χ1v) is 6.97. The summed E-state index contributed by atoms with van der Waals surface area (Å²) in [6.45, 7) is 8.15. The van der Waals surface area contributed by atoms with Gasteiger partial charge in [0, 0.05) is 11.6 Å². The molecule has 2 nitrogen and oxygen atoms in total. The molecule has 0 saturated heterocycles. The molecule has 1 aliphatic carbocycles. The van der Waals surface area contributed by atoms with Crippen LogP contribution in [0.4, 0.5) is 0 Å². The Labute approximate surface area is 102 Å². The Bertz CT molecular complexity index is 199. The highest BCUT2D eigenvalue weighted by Crippen LogP contribution is 2.37. The molecule has 0 aromatic heterocycles. The molecule has 1 aliphatic rings. The molecule has 2 atom stereocenters. The van der Waals surface area contributed by atoms with Gasteiger partial charge in [-0.05, 0) is 59.2 Å². The van der Waals surface area contributed by atoms with E-state index in [4.69, 9.17) is 0 Å². The molecule has 1 fully saturated rings. The standard InChI is InChI=1S/C14H30N2/c1-6-11-15-13(12-9-8-10-12)14(3,7-2)16(4)5/h12-13,15H,6-11H2,1-5H3. The second kappa shape index (κ2) is 6.02. The molecule has 0 aliphatic heterocycles. The normalized spacial score (nSPS) is 22.9. The van der Waals surface area contributed by atoms with E-state index in [1.165, 1.54) is 32.1 Å². The van der Waals surface area contributed by atoms with E-state index in [0.717, 1.165) is 12.5 Å². The van der Waals surface area contributed by atoms with Crippen molar-refractivity contribution in [3.63, 3.8) is 0 Å². The van der Waals surface area contributed by atoms with Gasteiger partial charge in [-0.1, -0.05) is 20.3 Å². The highest BCUT2D eigenvalue weighted by molar-refractivity contribution is 4.99. The van der Waals surface area contributed by atoms with Gasteiger partial charge in [-0.3, -0.25) is 0 Å². The Morgan fingerprint density at radius 1 is 1.31 bits per heavy atom. The number of nitrogens with one attached hydrogen (secondary N) is 1. The molecule has 96 valence electrons. The zero-order chi connectivity index (χ0) is 12.2. The van der Waals surface area contributed by atoms with Gasteiger partial charge in [-0.2, -0.15) is 0 Å². The van der Waals surface area contributed by atoms with Crippen LogP contribution in [0.5, 0.6) is 0 Å². The maximum absolute atomic E-state index is 3.80. The first kappa shape index (κ1) is 14.0. The van der Waals surface area contributed by atoms with Gasteiger partial charge in [0.1, 0.15) is 0 Å². The monoisotopic (exact) mass is 226 g/mol. The zero-order valence-corrected chi connectivity index (χ0v) is 11.8. The third-order valence-corrected chi connectivity index (χ3v) is 4.64. The highest BCUT2D eigenvalue weighted by Gasteiger charge is 2.41. The molecule has 2 heteroatoms. The van der Waals surface area contributed by atoms with Crippen LogP contribution in [-0.4, -0.2) is 37.1 Å². The lowest BCUT2D eigenvalue weighted by Gasteiger charge is -2.49. The van der Waals surface area contributed by atoms with Gasteiger partial charge < -0.3 is 10.2 Å². The minimum absolute atomic E-state index is 0.306. The zero-order valence-electron chi connectivity index (χ0n) is 11.8. The van der Waals surface area contributed by atoms with E-state index in [9.17, 15) is 0 Å². The topological polar surface area (TPSA) is 15.3 Å². The Morgan fingerprint density at radius 3 is 2.25 bits per heavy atom. The van der Waals surface area contributed by atoms with Crippen molar-refractivity contribution in [1.29, 1.82) is 0 Å². The molecular formula is C14H30N2. The van der Waals surface area contributed by atoms with E-state index in [1.54, 1.807) is 0 Å². The van der Waals surface area contributed by atoms with Crippen molar-refractivity contribution in [3.05, 3.63) is 0 Å². The third-order valence-electron chi connectivity index (χ3n) is 4.64. The Kier molecular flexibility index (Phi) is 5.26. The van der Waals surface area contributed by atoms with Gasteiger partial charge in [0.15, 0.2) is 0 Å². The van der Waals surface area contributed by atoms with Gasteiger partial charge in [0.05, 0.1) is 0 Å².